The zero-order valence-electron chi connectivity index (χ0n) is 8.94. The summed E-state index contributed by atoms with van der Waals surface area (Å²) in [5.74, 6) is 0. The van der Waals surface area contributed by atoms with Crippen LogP contribution in [0.25, 0.3) is 0 Å². The molecule has 88 valence electrons. The molecule has 0 radical (unpaired) electrons. The van der Waals surface area contributed by atoms with E-state index in [1.54, 1.807) is 18.3 Å². The van der Waals surface area contributed by atoms with Gasteiger partial charge in [-0.3, -0.25) is 9.88 Å². The monoisotopic (exact) mass is 227 g/mol. The molecular weight excluding hydrogens is 212 g/mol. The first-order valence-corrected chi connectivity index (χ1v) is 5.42. The van der Waals surface area contributed by atoms with E-state index in [0.717, 1.165) is 13.1 Å². The van der Waals surface area contributed by atoms with Crippen LogP contribution in [0.1, 0.15) is 11.6 Å². The van der Waals surface area contributed by atoms with E-state index < -0.39 is 12.5 Å². The summed E-state index contributed by atoms with van der Waals surface area (Å²) in [6.07, 6.45) is 0.755. The van der Waals surface area contributed by atoms with Crippen molar-refractivity contribution in [1.29, 1.82) is 0 Å². The molecule has 1 aliphatic rings. The van der Waals surface area contributed by atoms with E-state index in [1.165, 1.54) is 6.20 Å². The van der Waals surface area contributed by atoms with E-state index in [0.29, 0.717) is 18.7 Å². The van der Waals surface area contributed by atoms with Crippen molar-refractivity contribution in [2.45, 2.75) is 12.5 Å². The second-order valence-corrected chi connectivity index (χ2v) is 3.85. The molecule has 0 bridgehead atoms. The van der Waals surface area contributed by atoms with Crippen molar-refractivity contribution in [2.24, 2.45) is 0 Å². The van der Waals surface area contributed by atoms with E-state index in [-0.39, 0.29) is 0 Å². The molecule has 3 nitrogen and oxygen atoms in total. The lowest BCUT2D eigenvalue weighted by Crippen LogP contribution is -2.46. The number of nitrogens with zero attached hydrogens (tertiary/aromatic N) is 2. The van der Waals surface area contributed by atoms with Crippen LogP contribution in [0.5, 0.6) is 0 Å². The predicted octanol–water partition coefficient (Wildman–Crippen LogP) is 1.29. The maximum Gasteiger partial charge on any atom is 0.258 e. The van der Waals surface area contributed by atoms with Crippen LogP contribution in [-0.2, 0) is 0 Å². The summed E-state index contributed by atoms with van der Waals surface area (Å²) in [4.78, 5) is 5.72. The average Bonchev–Trinajstić information content (AvgIpc) is 2.31. The largest absolute Gasteiger partial charge is 0.314 e. The molecule has 1 aromatic heterocycles. The lowest BCUT2D eigenvalue weighted by molar-refractivity contribution is 0.0180. The summed E-state index contributed by atoms with van der Waals surface area (Å²) in [6.45, 7) is 2.85. The summed E-state index contributed by atoms with van der Waals surface area (Å²) in [6, 6.07) is 2.59. The Bertz CT molecular complexity index is 312. The van der Waals surface area contributed by atoms with Gasteiger partial charge in [0, 0.05) is 38.6 Å². The fourth-order valence-corrected chi connectivity index (χ4v) is 2.03. The quantitative estimate of drug-likeness (QED) is 0.843. The number of piperazine rings is 1. The summed E-state index contributed by atoms with van der Waals surface area (Å²) < 4.78 is 26.2. The molecule has 1 aliphatic heterocycles. The van der Waals surface area contributed by atoms with Crippen molar-refractivity contribution in [3.05, 3.63) is 30.1 Å². The third-order valence-electron chi connectivity index (χ3n) is 2.81. The van der Waals surface area contributed by atoms with Gasteiger partial charge in [-0.25, -0.2) is 8.78 Å². The maximum absolute atomic E-state index is 13.1. The van der Waals surface area contributed by atoms with Gasteiger partial charge >= 0.3 is 0 Å². The molecule has 0 unspecified atom stereocenters. The van der Waals surface area contributed by atoms with Gasteiger partial charge in [-0.05, 0) is 11.6 Å². The molecule has 0 spiro atoms. The third-order valence-corrected chi connectivity index (χ3v) is 2.81. The molecule has 2 rings (SSSR count). The standard InChI is InChI=1S/C11H15F2N3/c12-11(13)10(9-2-1-3-15-8-9)16-6-4-14-5-7-16/h1-3,8,10-11,14H,4-7H2/t10-/m0/s1. The topological polar surface area (TPSA) is 28.2 Å². The Morgan fingerprint density at radius 2 is 2.06 bits per heavy atom. The molecule has 0 aromatic carbocycles. The van der Waals surface area contributed by atoms with Crippen LogP contribution in [0.3, 0.4) is 0 Å². The highest BCUT2D eigenvalue weighted by atomic mass is 19.3. The Morgan fingerprint density at radius 1 is 1.31 bits per heavy atom. The predicted molar refractivity (Wildman–Crippen MR) is 57.4 cm³/mol. The number of halogens is 2. The molecule has 2 heterocycles. The highest BCUT2D eigenvalue weighted by Gasteiger charge is 2.29. The number of pyridine rings is 1. The minimum absolute atomic E-state index is 0.597. The molecule has 1 N–H and O–H groups in total. The van der Waals surface area contributed by atoms with Gasteiger partial charge in [0.15, 0.2) is 0 Å². The molecule has 1 aromatic rings. The number of nitrogens with one attached hydrogen (secondary N) is 1. The van der Waals surface area contributed by atoms with E-state index in [2.05, 4.69) is 10.3 Å². The van der Waals surface area contributed by atoms with Gasteiger partial charge in [0.1, 0.15) is 0 Å². The number of hydrogen-bond acceptors (Lipinski definition) is 3. The van der Waals surface area contributed by atoms with Crippen molar-refractivity contribution < 1.29 is 8.78 Å². The number of alkyl halides is 2. The van der Waals surface area contributed by atoms with Crippen molar-refractivity contribution in [2.75, 3.05) is 26.2 Å². The fourth-order valence-electron chi connectivity index (χ4n) is 2.03. The number of aromatic nitrogens is 1. The second-order valence-electron chi connectivity index (χ2n) is 3.85. The van der Waals surface area contributed by atoms with Gasteiger partial charge in [0.05, 0.1) is 6.04 Å². The molecule has 0 aliphatic carbocycles. The second kappa shape index (κ2) is 5.32. The molecule has 16 heavy (non-hydrogen) atoms. The summed E-state index contributed by atoms with van der Waals surface area (Å²) in [5, 5.41) is 3.16. The molecule has 1 atom stereocenters. The first-order valence-electron chi connectivity index (χ1n) is 5.42. The van der Waals surface area contributed by atoms with E-state index >= 15 is 0 Å². The van der Waals surface area contributed by atoms with Gasteiger partial charge in [-0.1, -0.05) is 6.07 Å². The minimum Gasteiger partial charge on any atom is -0.314 e. The Morgan fingerprint density at radius 3 is 2.62 bits per heavy atom. The van der Waals surface area contributed by atoms with Crippen LogP contribution in [-0.4, -0.2) is 42.5 Å². The molecule has 1 saturated heterocycles. The van der Waals surface area contributed by atoms with E-state index in [4.69, 9.17) is 0 Å². The smallest absolute Gasteiger partial charge is 0.258 e. The first kappa shape index (κ1) is 11.4. The number of rotatable bonds is 3. The van der Waals surface area contributed by atoms with E-state index in [1.807, 2.05) is 4.90 Å². The zero-order chi connectivity index (χ0) is 11.4. The summed E-state index contributed by atoms with van der Waals surface area (Å²) >= 11 is 0. The average molecular weight is 227 g/mol. The van der Waals surface area contributed by atoms with Crippen LogP contribution >= 0.6 is 0 Å². The Labute approximate surface area is 93.5 Å². The summed E-state index contributed by atoms with van der Waals surface area (Å²) in [5.41, 5.74) is 0.597. The van der Waals surface area contributed by atoms with E-state index in [9.17, 15) is 8.78 Å². The highest BCUT2D eigenvalue weighted by molar-refractivity contribution is 5.15. The molecule has 0 saturated carbocycles. The van der Waals surface area contributed by atoms with Crippen molar-refractivity contribution in [1.82, 2.24) is 15.2 Å². The van der Waals surface area contributed by atoms with Crippen molar-refractivity contribution in [3.63, 3.8) is 0 Å². The van der Waals surface area contributed by atoms with Crippen LogP contribution in [0.2, 0.25) is 0 Å². The lowest BCUT2D eigenvalue weighted by atomic mass is 10.1. The van der Waals surface area contributed by atoms with Crippen LogP contribution in [0.4, 0.5) is 8.78 Å². The normalized spacial score (nSPS) is 19.9. The Kier molecular flexibility index (Phi) is 3.79. The van der Waals surface area contributed by atoms with Gasteiger partial charge in [-0.2, -0.15) is 0 Å². The van der Waals surface area contributed by atoms with Gasteiger partial charge in [0.2, 0.25) is 0 Å². The molecule has 5 heteroatoms. The number of hydrogen-bond donors (Lipinski definition) is 1. The Balaban J connectivity index is 2.16. The molecular formula is C11H15F2N3. The highest BCUT2D eigenvalue weighted by Crippen LogP contribution is 2.26. The van der Waals surface area contributed by atoms with Crippen molar-refractivity contribution in [3.8, 4) is 0 Å². The summed E-state index contributed by atoms with van der Waals surface area (Å²) in [7, 11) is 0. The minimum atomic E-state index is -2.37. The fraction of sp³-hybridized carbons (Fsp3) is 0.545. The van der Waals surface area contributed by atoms with Crippen LogP contribution < -0.4 is 5.32 Å². The SMILES string of the molecule is FC(F)[C@H](c1cccnc1)N1CCNCC1. The first-order chi connectivity index (χ1) is 7.79. The van der Waals surface area contributed by atoms with Gasteiger partial charge < -0.3 is 5.32 Å². The van der Waals surface area contributed by atoms with Crippen LogP contribution in [0, 0.1) is 0 Å². The third kappa shape index (κ3) is 2.54. The maximum atomic E-state index is 13.1. The zero-order valence-corrected chi connectivity index (χ0v) is 8.94. The Hall–Kier alpha value is -1.07. The lowest BCUT2D eigenvalue weighted by Gasteiger charge is -2.34. The van der Waals surface area contributed by atoms with Gasteiger partial charge in [-0.15, -0.1) is 0 Å². The van der Waals surface area contributed by atoms with Crippen LogP contribution in [0.15, 0.2) is 24.5 Å². The van der Waals surface area contributed by atoms with Gasteiger partial charge in [0.25, 0.3) is 6.43 Å². The molecule has 0 amide bonds. The van der Waals surface area contributed by atoms with Crippen molar-refractivity contribution >= 4 is 0 Å². The molecule has 1 fully saturated rings.